The van der Waals surface area contributed by atoms with Crippen LogP contribution in [0.3, 0.4) is 0 Å². The van der Waals surface area contributed by atoms with Crippen molar-refractivity contribution in [3.05, 3.63) is 81.1 Å². The fourth-order valence-electron chi connectivity index (χ4n) is 3.71. The van der Waals surface area contributed by atoms with Crippen LogP contribution in [0.1, 0.15) is 15.9 Å². The lowest BCUT2D eigenvalue weighted by Gasteiger charge is -2.17. The van der Waals surface area contributed by atoms with Crippen LogP contribution in [0.2, 0.25) is 5.02 Å². The van der Waals surface area contributed by atoms with E-state index < -0.39 is 0 Å². The summed E-state index contributed by atoms with van der Waals surface area (Å²) in [6.07, 6.45) is 0. The minimum atomic E-state index is -0.318. The zero-order valence-electron chi connectivity index (χ0n) is 19.6. The number of benzene rings is 3. The molecule has 0 spiro atoms. The summed E-state index contributed by atoms with van der Waals surface area (Å²) in [6.45, 7) is 1.94. The molecule has 0 bridgehead atoms. The minimum absolute atomic E-state index is 0.0704. The van der Waals surface area contributed by atoms with Crippen LogP contribution in [0, 0.1) is 6.92 Å². The van der Waals surface area contributed by atoms with Crippen molar-refractivity contribution in [2.45, 2.75) is 12.1 Å². The van der Waals surface area contributed by atoms with E-state index >= 15 is 0 Å². The van der Waals surface area contributed by atoms with Gasteiger partial charge in [-0.2, -0.15) is 0 Å². The maximum absolute atomic E-state index is 13.8. The van der Waals surface area contributed by atoms with E-state index in [2.05, 4.69) is 0 Å². The second-order valence-corrected chi connectivity index (χ2v) is 9.01. The Morgan fingerprint density at radius 1 is 1.00 bits per heavy atom. The summed E-state index contributed by atoms with van der Waals surface area (Å²) in [6, 6.07) is 15.8. The number of carbonyl (C=O) groups excluding carboxylic acids is 1. The SMILES string of the molecule is COc1cc2c(=O)n(-c3cccc(C)c3)c(SCC(=O)c3ccc(Cl)cc3)nc2c(OC)c1OC. The van der Waals surface area contributed by atoms with Gasteiger partial charge in [-0.15, -0.1) is 0 Å². The lowest BCUT2D eigenvalue weighted by atomic mass is 10.1. The van der Waals surface area contributed by atoms with Crippen LogP contribution in [-0.4, -0.2) is 42.4 Å². The molecule has 4 rings (SSSR count). The van der Waals surface area contributed by atoms with Gasteiger partial charge >= 0.3 is 0 Å². The summed E-state index contributed by atoms with van der Waals surface area (Å²) >= 11 is 7.11. The monoisotopic (exact) mass is 510 g/mol. The molecule has 0 radical (unpaired) electrons. The first kappa shape index (κ1) is 24.6. The van der Waals surface area contributed by atoms with Crippen molar-refractivity contribution in [2.75, 3.05) is 27.1 Å². The molecule has 0 saturated heterocycles. The molecule has 0 saturated carbocycles. The lowest BCUT2D eigenvalue weighted by molar-refractivity contribution is 0.102. The number of fused-ring (bicyclic) bond motifs is 1. The van der Waals surface area contributed by atoms with Crippen LogP contribution >= 0.6 is 23.4 Å². The minimum Gasteiger partial charge on any atom is -0.493 e. The Labute approximate surface area is 211 Å². The summed E-state index contributed by atoms with van der Waals surface area (Å²) < 4.78 is 18.0. The Balaban J connectivity index is 1.91. The summed E-state index contributed by atoms with van der Waals surface area (Å²) in [5, 5.41) is 1.20. The van der Waals surface area contributed by atoms with E-state index in [1.165, 1.54) is 37.7 Å². The second-order valence-electron chi connectivity index (χ2n) is 7.63. The van der Waals surface area contributed by atoms with Crippen molar-refractivity contribution in [1.82, 2.24) is 9.55 Å². The molecule has 0 aliphatic heterocycles. The normalized spacial score (nSPS) is 10.9. The molecule has 1 aromatic heterocycles. The third kappa shape index (κ3) is 4.85. The number of aryl methyl sites for hydroxylation is 1. The number of rotatable bonds is 8. The van der Waals surface area contributed by atoms with Gasteiger partial charge < -0.3 is 14.2 Å². The molecule has 0 amide bonds. The molecule has 9 heteroatoms. The third-order valence-electron chi connectivity index (χ3n) is 5.39. The van der Waals surface area contributed by atoms with Crippen LogP contribution in [0.15, 0.2) is 64.5 Å². The molecule has 0 fully saturated rings. The molecule has 0 N–H and O–H groups in total. The van der Waals surface area contributed by atoms with E-state index in [4.69, 9.17) is 30.8 Å². The number of Topliss-reactive ketones (excluding diaryl/α,β-unsaturated/α-hetero) is 1. The van der Waals surface area contributed by atoms with Crippen molar-refractivity contribution in [1.29, 1.82) is 0 Å². The molecule has 0 aliphatic rings. The van der Waals surface area contributed by atoms with Crippen molar-refractivity contribution in [2.24, 2.45) is 0 Å². The molecule has 7 nitrogen and oxygen atoms in total. The highest BCUT2D eigenvalue weighted by Gasteiger charge is 2.23. The Bertz CT molecular complexity index is 1470. The highest BCUT2D eigenvalue weighted by atomic mass is 35.5. The van der Waals surface area contributed by atoms with Crippen molar-refractivity contribution >= 4 is 40.0 Å². The standard InChI is InChI=1S/C26H23ClN2O5S/c1-15-6-5-7-18(12-15)29-25(31)19-13-21(32-2)23(33-3)24(34-4)22(19)28-26(29)35-14-20(30)16-8-10-17(27)11-9-16/h5-13H,14H2,1-4H3. The molecular weight excluding hydrogens is 488 g/mol. The number of methoxy groups -OCH3 is 3. The average Bonchev–Trinajstić information content (AvgIpc) is 2.86. The van der Waals surface area contributed by atoms with E-state index in [0.717, 1.165) is 5.56 Å². The highest BCUT2D eigenvalue weighted by molar-refractivity contribution is 7.99. The quantitative estimate of drug-likeness (QED) is 0.179. The zero-order chi connectivity index (χ0) is 25.1. The molecule has 0 atom stereocenters. The smallest absolute Gasteiger partial charge is 0.266 e. The van der Waals surface area contributed by atoms with Gasteiger partial charge in [0.05, 0.1) is 38.2 Å². The molecule has 1 heterocycles. The van der Waals surface area contributed by atoms with Gasteiger partial charge in [0.25, 0.3) is 5.56 Å². The van der Waals surface area contributed by atoms with Gasteiger partial charge in [0, 0.05) is 10.6 Å². The largest absolute Gasteiger partial charge is 0.493 e. The lowest BCUT2D eigenvalue weighted by Crippen LogP contribution is -2.23. The summed E-state index contributed by atoms with van der Waals surface area (Å²) in [5.74, 6) is 0.916. The third-order valence-corrected chi connectivity index (χ3v) is 6.59. The number of halogens is 1. The summed E-state index contributed by atoms with van der Waals surface area (Å²) in [4.78, 5) is 31.4. The summed E-state index contributed by atoms with van der Waals surface area (Å²) in [7, 11) is 4.45. The number of nitrogens with zero attached hydrogens (tertiary/aromatic N) is 2. The predicted molar refractivity (Wildman–Crippen MR) is 138 cm³/mol. The van der Waals surface area contributed by atoms with Gasteiger partial charge in [-0.3, -0.25) is 14.2 Å². The Kier molecular flexibility index (Phi) is 7.33. The molecule has 0 unspecified atom stereocenters. The van der Waals surface area contributed by atoms with E-state index in [-0.39, 0.29) is 22.8 Å². The average molecular weight is 511 g/mol. The first-order chi connectivity index (χ1) is 16.9. The molecule has 35 heavy (non-hydrogen) atoms. The molecule has 3 aromatic carbocycles. The van der Waals surface area contributed by atoms with Gasteiger partial charge in [0.1, 0.15) is 5.52 Å². The predicted octanol–water partition coefficient (Wildman–Crippen LogP) is 5.35. The van der Waals surface area contributed by atoms with Crippen LogP contribution in [0.4, 0.5) is 0 Å². The molecular formula is C26H23ClN2O5S. The first-order valence-electron chi connectivity index (χ1n) is 10.6. The first-order valence-corrected chi connectivity index (χ1v) is 12.0. The van der Waals surface area contributed by atoms with E-state index in [9.17, 15) is 9.59 Å². The van der Waals surface area contributed by atoms with Gasteiger partial charge in [0.15, 0.2) is 22.4 Å². The van der Waals surface area contributed by atoms with Crippen molar-refractivity contribution in [3.63, 3.8) is 0 Å². The van der Waals surface area contributed by atoms with Gasteiger partial charge in [0.2, 0.25) is 5.75 Å². The number of ketones is 1. The number of hydrogen-bond acceptors (Lipinski definition) is 7. The second kappa shape index (κ2) is 10.4. The molecule has 4 aromatic rings. The number of hydrogen-bond donors (Lipinski definition) is 0. The van der Waals surface area contributed by atoms with Crippen LogP contribution in [0.5, 0.6) is 17.2 Å². The van der Waals surface area contributed by atoms with Gasteiger partial charge in [-0.1, -0.05) is 35.5 Å². The van der Waals surface area contributed by atoms with Crippen LogP contribution in [0.25, 0.3) is 16.6 Å². The van der Waals surface area contributed by atoms with Gasteiger partial charge in [-0.05, 0) is 55.0 Å². The van der Waals surface area contributed by atoms with Crippen molar-refractivity contribution in [3.8, 4) is 22.9 Å². The highest BCUT2D eigenvalue weighted by Crippen LogP contribution is 2.42. The fraction of sp³-hybridized carbons (Fsp3) is 0.192. The maximum atomic E-state index is 13.8. The topological polar surface area (TPSA) is 79.7 Å². The maximum Gasteiger partial charge on any atom is 0.266 e. The zero-order valence-corrected chi connectivity index (χ0v) is 21.2. The number of aromatic nitrogens is 2. The fourth-order valence-corrected chi connectivity index (χ4v) is 4.73. The van der Waals surface area contributed by atoms with Gasteiger partial charge in [-0.25, -0.2) is 4.98 Å². The van der Waals surface area contributed by atoms with E-state index in [1.54, 1.807) is 30.3 Å². The Morgan fingerprint density at radius 3 is 2.34 bits per heavy atom. The molecule has 180 valence electrons. The van der Waals surface area contributed by atoms with E-state index in [0.29, 0.717) is 43.8 Å². The number of carbonyl (C=O) groups is 1. The van der Waals surface area contributed by atoms with Crippen molar-refractivity contribution < 1.29 is 19.0 Å². The Morgan fingerprint density at radius 2 is 1.71 bits per heavy atom. The summed E-state index contributed by atoms with van der Waals surface area (Å²) in [5.41, 5.74) is 2.14. The number of ether oxygens (including phenoxy) is 3. The number of thioether (sulfide) groups is 1. The Hall–Kier alpha value is -3.49. The van der Waals surface area contributed by atoms with Crippen LogP contribution < -0.4 is 19.8 Å². The molecule has 0 aliphatic carbocycles. The van der Waals surface area contributed by atoms with E-state index in [1.807, 2.05) is 31.2 Å². The van der Waals surface area contributed by atoms with Crippen LogP contribution in [-0.2, 0) is 0 Å².